The molecule has 0 saturated carbocycles. The molecule has 0 bridgehead atoms. The van der Waals surface area contributed by atoms with Gasteiger partial charge in [0.15, 0.2) is 5.11 Å². The third-order valence-electron chi connectivity index (χ3n) is 4.29. The number of benzene rings is 2. The van der Waals surface area contributed by atoms with Gasteiger partial charge in [0.2, 0.25) is 0 Å². The molecule has 1 heterocycles. The Morgan fingerprint density at radius 3 is 2.40 bits per heavy atom. The Kier molecular flexibility index (Phi) is 7.16. The molecule has 3 N–H and O–H groups in total. The summed E-state index contributed by atoms with van der Waals surface area (Å²) >= 11 is 6.81. The quantitative estimate of drug-likeness (QED) is 0.373. The Labute approximate surface area is 183 Å². The minimum Gasteiger partial charge on any atom is -0.478 e. The van der Waals surface area contributed by atoms with Gasteiger partial charge in [-0.3, -0.25) is 0 Å². The maximum Gasteiger partial charge on any atom is 0.340 e. The predicted octanol–water partition coefficient (Wildman–Crippen LogP) is 4.31. The fraction of sp³-hybridized carbons (Fsp3) is 0.136. The Morgan fingerprint density at radius 1 is 1.07 bits per heavy atom. The lowest BCUT2D eigenvalue weighted by Gasteiger charge is -2.10. The van der Waals surface area contributed by atoms with Crippen LogP contribution in [-0.4, -0.2) is 29.3 Å². The first-order chi connectivity index (χ1) is 14.5. The van der Waals surface area contributed by atoms with Crippen LogP contribution in [0.15, 0.2) is 60.7 Å². The van der Waals surface area contributed by atoms with Crippen molar-refractivity contribution in [1.82, 2.24) is 5.32 Å². The molecule has 0 aliphatic carbocycles. The molecule has 3 rings (SSSR count). The van der Waals surface area contributed by atoms with E-state index in [1.165, 1.54) is 18.4 Å². The summed E-state index contributed by atoms with van der Waals surface area (Å²) in [5.41, 5.74) is 2.69. The lowest BCUT2D eigenvalue weighted by Crippen LogP contribution is -2.28. The second-order valence-corrected chi connectivity index (χ2v) is 7.96. The summed E-state index contributed by atoms with van der Waals surface area (Å²) < 4.78 is 4.90. The molecule has 1 aromatic heterocycles. The number of thiocarbonyl (C=S) groups is 1. The fourth-order valence-corrected chi connectivity index (χ4v) is 4.10. The molecular weight excluding hydrogens is 420 g/mol. The molecule has 0 saturated heterocycles. The molecular formula is C22H20N2O4S2. The van der Waals surface area contributed by atoms with Gasteiger partial charge in [-0.05, 0) is 41.5 Å². The van der Waals surface area contributed by atoms with Gasteiger partial charge in [0.1, 0.15) is 5.00 Å². The van der Waals surface area contributed by atoms with Crippen molar-refractivity contribution >= 4 is 45.6 Å². The second-order valence-electron chi connectivity index (χ2n) is 6.42. The smallest absolute Gasteiger partial charge is 0.340 e. The van der Waals surface area contributed by atoms with Gasteiger partial charge < -0.3 is 20.5 Å². The van der Waals surface area contributed by atoms with Crippen LogP contribution in [0.25, 0.3) is 0 Å². The zero-order chi connectivity index (χ0) is 21.5. The molecule has 3 aromatic rings. The highest BCUT2D eigenvalue weighted by Gasteiger charge is 2.18. The molecule has 0 aliphatic heterocycles. The largest absolute Gasteiger partial charge is 0.478 e. The topological polar surface area (TPSA) is 87.7 Å². The van der Waals surface area contributed by atoms with Crippen LogP contribution in [0.3, 0.4) is 0 Å². The summed E-state index contributed by atoms with van der Waals surface area (Å²) in [7, 11) is 1.35. The van der Waals surface area contributed by atoms with E-state index in [0.717, 1.165) is 16.0 Å². The maximum atomic E-state index is 12.2. The molecule has 2 aromatic carbocycles. The molecule has 0 atom stereocenters. The van der Waals surface area contributed by atoms with Crippen molar-refractivity contribution in [1.29, 1.82) is 0 Å². The van der Waals surface area contributed by atoms with Crippen LogP contribution < -0.4 is 10.6 Å². The number of thiophene rings is 1. The zero-order valence-corrected chi connectivity index (χ0v) is 17.8. The zero-order valence-electron chi connectivity index (χ0n) is 16.2. The third kappa shape index (κ3) is 5.65. The lowest BCUT2D eigenvalue weighted by atomic mass is 10.1. The van der Waals surface area contributed by atoms with Gasteiger partial charge in [0.25, 0.3) is 0 Å². The van der Waals surface area contributed by atoms with Crippen LogP contribution >= 0.6 is 23.6 Å². The molecule has 6 nitrogen and oxygen atoms in total. The van der Waals surface area contributed by atoms with E-state index < -0.39 is 11.9 Å². The molecule has 0 unspecified atom stereocenters. The summed E-state index contributed by atoms with van der Waals surface area (Å²) in [5.74, 6) is -1.40. The number of rotatable bonds is 7. The molecule has 0 spiro atoms. The van der Waals surface area contributed by atoms with Gasteiger partial charge in [-0.1, -0.05) is 42.5 Å². The van der Waals surface area contributed by atoms with Crippen molar-refractivity contribution in [3.05, 3.63) is 87.8 Å². The highest BCUT2D eigenvalue weighted by atomic mass is 32.1. The molecule has 0 aliphatic rings. The van der Waals surface area contributed by atoms with E-state index in [-0.39, 0.29) is 5.56 Å². The summed E-state index contributed by atoms with van der Waals surface area (Å²) in [6.45, 7) is 0.418. The average molecular weight is 441 g/mol. The van der Waals surface area contributed by atoms with Crippen LogP contribution in [0.2, 0.25) is 0 Å². The third-order valence-corrected chi connectivity index (χ3v) is 5.59. The Bertz CT molecular complexity index is 1050. The van der Waals surface area contributed by atoms with Crippen molar-refractivity contribution in [3.63, 3.8) is 0 Å². The Hall–Kier alpha value is -3.23. The fourth-order valence-electron chi connectivity index (χ4n) is 2.78. The number of hydrogen-bond acceptors (Lipinski definition) is 5. The van der Waals surface area contributed by atoms with Gasteiger partial charge in [-0.15, -0.1) is 11.3 Å². The Balaban J connectivity index is 1.67. The number of ether oxygens (including phenoxy) is 1. The first kappa shape index (κ1) is 21.5. The summed E-state index contributed by atoms with van der Waals surface area (Å²) in [6.07, 6.45) is 0.702. The van der Waals surface area contributed by atoms with E-state index in [9.17, 15) is 9.59 Å². The maximum absolute atomic E-state index is 12.2. The summed E-state index contributed by atoms with van der Waals surface area (Å²) in [6, 6.07) is 18.3. The molecule has 0 amide bonds. The standard InChI is InChI=1S/C22H20N2O4S2/c1-28-21(27)18-12-17(11-14-5-3-2-4-6-14)30-19(18)24-22(29)23-13-15-7-9-16(10-8-15)20(25)26/h2-10,12H,11,13H2,1H3,(H,25,26)(H2,23,24,29). The molecule has 0 fully saturated rings. The average Bonchev–Trinajstić information content (AvgIpc) is 3.14. The highest BCUT2D eigenvalue weighted by Crippen LogP contribution is 2.30. The van der Waals surface area contributed by atoms with Crippen molar-refractivity contribution < 1.29 is 19.4 Å². The summed E-state index contributed by atoms with van der Waals surface area (Å²) in [5, 5.41) is 16.1. The number of anilines is 1. The van der Waals surface area contributed by atoms with Gasteiger partial charge in [0, 0.05) is 17.8 Å². The van der Waals surface area contributed by atoms with Crippen LogP contribution in [0.5, 0.6) is 0 Å². The van der Waals surface area contributed by atoms with Crippen LogP contribution in [0.4, 0.5) is 5.00 Å². The van der Waals surface area contributed by atoms with E-state index >= 15 is 0 Å². The number of hydrogen-bond donors (Lipinski definition) is 3. The highest BCUT2D eigenvalue weighted by molar-refractivity contribution is 7.80. The van der Waals surface area contributed by atoms with Crippen LogP contribution in [0.1, 0.15) is 36.7 Å². The molecule has 154 valence electrons. The number of methoxy groups -OCH3 is 1. The number of carbonyl (C=O) groups excluding carboxylic acids is 1. The van der Waals surface area contributed by atoms with Crippen molar-refractivity contribution in [3.8, 4) is 0 Å². The van der Waals surface area contributed by atoms with E-state index in [2.05, 4.69) is 10.6 Å². The number of carboxylic acids is 1. The first-order valence-corrected chi connectivity index (χ1v) is 10.3. The number of esters is 1. The van der Waals surface area contributed by atoms with E-state index in [1.54, 1.807) is 24.3 Å². The first-order valence-electron chi connectivity index (χ1n) is 9.08. The number of carbonyl (C=O) groups is 2. The normalized spacial score (nSPS) is 10.3. The van der Waals surface area contributed by atoms with Crippen molar-refractivity contribution in [2.75, 3.05) is 12.4 Å². The number of carboxylic acid groups (broad SMARTS) is 1. The predicted molar refractivity (Wildman–Crippen MR) is 121 cm³/mol. The second kappa shape index (κ2) is 10.00. The van der Waals surface area contributed by atoms with Gasteiger partial charge in [-0.25, -0.2) is 9.59 Å². The van der Waals surface area contributed by atoms with Crippen molar-refractivity contribution in [2.45, 2.75) is 13.0 Å². The minimum absolute atomic E-state index is 0.228. The lowest BCUT2D eigenvalue weighted by molar-refractivity contribution is 0.0601. The molecule has 0 radical (unpaired) electrons. The molecule has 30 heavy (non-hydrogen) atoms. The van der Waals surface area contributed by atoms with Crippen LogP contribution in [-0.2, 0) is 17.7 Å². The Morgan fingerprint density at radius 2 is 1.77 bits per heavy atom. The number of aromatic carboxylic acids is 1. The van der Waals surface area contributed by atoms with E-state index in [1.807, 2.05) is 36.4 Å². The van der Waals surface area contributed by atoms with E-state index in [4.69, 9.17) is 22.1 Å². The van der Waals surface area contributed by atoms with Crippen molar-refractivity contribution in [2.24, 2.45) is 0 Å². The number of nitrogens with one attached hydrogen (secondary N) is 2. The van der Waals surface area contributed by atoms with Crippen LogP contribution in [0, 0.1) is 0 Å². The van der Waals surface area contributed by atoms with Gasteiger partial charge in [0.05, 0.1) is 18.2 Å². The monoisotopic (exact) mass is 440 g/mol. The molecule has 8 heteroatoms. The SMILES string of the molecule is COC(=O)c1cc(Cc2ccccc2)sc1NC(=S)NCc1ccc(C(=O)O)cc1. The van der Waals surface area contributed by atoms with Gasteiger partial charge in [-0.2, -0.15) is 0 Å². The minimum atomic E-state index is -0.967. The van der Waals surface area contributed by atoms with E-state index in [0.29, 0.717) is 28.6 Å². The van der Waals surface area contributed by atoms with Gasteiger partial charge >= 0.3 is 11.9 Å². The summed E-state index contributed by atoms with van der Waals surface area (Å²) in [4.78, 5) is 24.1.